The summed E-state index contributed by atoms with van der Waals surface area (Å²) >= 11 is 0. The highest BCUT2D eigenvalue weighted by Crippen LogP contribution is 2.47. The Morgan fingerprint density at radius 2 is 1.71 bits per heavy atom. The summed E-state index contributed by atoms with van der Waals surface area (Å²) in [7, 11) is 0. The van der Waals surface area contributed by atoms with Gasteiger partial charge in [0.25, 0.3) is 0 Å². The largest absolute Gasteiger partial charge is 0.327 e. The summed E-state index contributed by atoms with van der Waals surface area (Å²) in [4.78, 5) is 0. The van der Waals surface area contributed by atoms with Gasteiger partial charge in [-0.15, -0.1) is 0 Å². The number of rotatable bonds is 3. The molecule has 0 aromatic heterocycles. The Kier molecular flexibility index (Phi) is 3.16. The van der Waals surface area contributed by atoms with Gasteiger partial charge in [-0.1, -0.05) is 32.6 Å². The maximum absolute atomic E-state index is 6.53. The van der Waals surface area contributed by atoms with Crippen LogP contribution in [0.2, 0.25) is 0 Å². The molecule has 0 bridgehead atoms. The van der Waals surface area contributed by atoms with Crippen molar-refractivity contribution in [3.63, 3.8) is 0 Å². The van der Waals surface area contributed by atoms with E-state index in [1.54, 1.807) is 0 Å². The molecule has 1 atom stereocenters. The maximum atomic E-state index is 6.53. The molecule has 2 rings (SSSR count). The highest BCUT2D eigenvalue weighted by atomic mass is 14.7. The fourth-order valence-electron chi connectivity index (χ4n) is 3.82. The molecule has 1 nitrogen and oxygen atoms in total. The molecule has 0 aromatic carbocycles. The van der Waals surface area contributed by atoms with E-state index in [2.05, 4.69) is 6.92 Å². The molecule has 2 saturated carbocycles. The molecule has 0 heterocycles. The van der Waals surface area contributed by atoms with Gasteiger partial charge in [-0.25, -0.2) is 0 Å². The van der Waals surface area contributed by atoms with Crippen LogP contribution < -0.4 is 5.73 Å². The molecule has 0 saturated heterocycles. The Bertz CT molecular complexity index is 176. The Labute approximate surface area is 88.4 Å². The fourth-order valence-corrected chi connectivity index (χ4v) is 3.82. The van der Waals surface area contributed by atoms with Gasteiger partial charge in [0.2, 0.25) is 0 Å². The lowest BCUT2D eigenvalue weighted by Gasteiger charge is -2.38. The fraction of sp³-hybridized carbons (Fsp3) is 1.00. The standard InChI is InChI=1S/C13H25N/c1-2-13(9-5-6-10-13)12(14)11-7-3-4-8-11/h11-12H,2-10,14H2,1H3. The van der Waals surface area contributed by atoms with Crippen LogP contribution in [0.25, 0.3) is 0 Å². The van der Waals surface area contributed by atoms with Crippen molar-refractivity contribution < 1.29 is 0 Å². The molecule has 2 fully saturated rings. The van der Waals surface area contributed by atoms with Gasteiger partial charge in [-0.05, 0) is 43.4 Å². The van der Waals surface area contributed by atoms with Crippen LogP contribution in [-0.4, -0.2) is 6.04 Å². The van der Waals surface area contributed by atoms with Gasteiger partial charge in [0.1, 0.15) is 0 Å². The van der Waals surface area contributed by atoms with E-state index in [0.717, 1.165) is 5.92 Å². The Morgan fingerprint density at radius 1 is 1.14 bits per heavy atom. The van der Waals surface area contributed by atoms with Crippen molar-refractivity contribution in [3.05, 3.63) is 0 Å². The summed E-state index contributed by atoms with van der Waals surface area (Å²) in [5.41, 5.74) is 7.07. The quantitative estimate of drug-likeness (QED) is 0.733. The molecule has 1 unspecified atom stereocenters. The van der Waals surface area contributed by atoms with Crippen LogP contribution in [-0.2, 0) is 0 Å². The second-order valence-electron chi connectivity index (χ2n) is 5.49. The smallest absolute Gasteiger partial charge is 0.0124 e. The monoisotopic (exact) mass is 195 g/mol. The van der Waals surface area contributed by atoms with Crippen LogP contribution in [0.1, 0.15) is 64.7 Å². The minimum absolute atomic E-state index is 0.512. The zero-order chi connectivity index (χ0) is 10.0. The minimum Gasteiger partial charge on any atom is -0.327 e. The zero-order valence-electron chi connectivity index (χ0n) is 9.60. The van der Waals surface area contributed by atoms with E-state index in [0.29, 0.717) is 11.5 Å². The van der Waals surface area contributed by atoms with Gasteiger partial charge in [-0.2, -0.15) is 0 Å². The first-order chi connectivity index (χ1) is 6.78. The second kappa shape index (κ2) is 4.22. The van der Waals surface area contributed by atoms with E-state index < -0.39 is 0 Å². The van der Waals surface area contributed by atoms with E-state index >= 15 is 0 Å². The van der Waals surface area contributed by atoms with Crippen molar-refractivity contribution >= 4 is 0 Å². The normalized spacial score (nSPS) is 29.6. The van der Waals surface area contributed by atoms with E-state index in [4.69, 9.17) is 5.73 Å². The van der Waals surface area contributed by atoms with Crippen LogP contribution in [0.3, 0.4) is 0 Å². The summed E-state index contributed by atoms with van der Waals surface area (Å²) in [6, 6.07) is 0.512. The summed E-state index contributed by atoms with van der Waals surface area (Å²) in [6.07, 6.45) is 12.6. The van der Waals surface area contributed by atoms with Crippen molar-refractivity contribution in [2.75, 3.05) is 0 Å². The predicted octanol–water partition coefficient (Wildman–Crippen LogP) is 3.47. The average molecular weight is 195 g/mol. The van der Waals surface area contributed by atoms with Gasteiger partial charge < -0.3 is 5.73 Å². The lowest BCUT2D eigenvalue weighted by molar-refractivity contribution is 0.167. The average Bonchev–Trinajstić information content (AvgIpc) is 2.89. The van der Waals surface area contributed by atoms with Gasteiger partial charge >= 0.3 is 0 Å². The molecule has 0 aromatic rings. The van der Waals surface area contributed by atoms with Crippen LogP contribution in [0.4, 0.5) is 0 Å². The Balaban J connectivity index is 2.02. The van der Waals surface area contributed by atoms with Crippen LogP contribution in [0.15, 0.2) is 0 Å². The third kappa shape index (κ3) is 1.71. The SMILES string of the molecule is CCC1(C(N)C2CCCC2)CCCC1. The zero-order valence-corrected chi connectivity index (χ0v) is 9.60. The van der Waals surface area contributed by atoms with E-state index in [1.807, 2.05) is 0 Å². The Morgan fingerprint density at radius 3 is 2.21 bits per heavy atom. The highest BCUT2D eigenvalue weighted by Gasteiger charge is 2.41. The molecule has 0 spiro atoms. The molecule has 2 aliphatic carbocycles. The molecule has 1 heteroatoms. The first-order valence-electron chi connectivity index (χ1n) is 6.54. The molecular formula is C13H25N. The van der Waals surface area contributed by atoms with Crippen molar-refractivity contribution in [2.45, 2.75) is 70.8 Å². The van der Waals surface area contributed by atoms with Crippen LogP contribution in [0, 0.1) is 11.3 Å². The van der Waals surface area contributed by atoms with Crippen molar-refractivity contribution in [1.29, 1.82) is 0 Å². The maximum Gasteiger partial charge on any atom is 0.0124 e. The predicted molar refractivity (Wildman–Crippen MR) is 61.1 cm³/mol. The highest BCUT2D eigenvalue weighted by molar-refractivity contribution is 4.96. The molecule has 0 amide bonds. The van der Waals surface area contributed by atoms with Gasteiger partial charge in [0, 0.05) is 6.04 Å². The molecule has 2 aliphatic rings. The third-order valence-electron chi connectivity index (χ3n) is 4.92. The van der Waals surface area contributed by atoms with Gasteiger partial charge in [0.15, 0.2) is 0 Å². The minimum atomic E-state index is 0.512. The molecule has 82 valence electrons. The number of hydrogen-bond donors (Lipinski definition) is 1. The van der Waals surface area contributed by atoms with Crippen molar-refractivity contribution in [2.24, 2.45) is 17.1 Å². The van der Waals surface area contributed by atoms with E-state index in [1.165, 1.54) is 57.8 Å². The second-order valence-corrected chi connectivity index (χ2v) is 5.49. The molecule has 0 aliphatic heterocycles. The summed E-state index contributed by atoms with van der Waals surface area (Å²) < 4.78 is 0. The summed E-state index contributed by atoms with van der Waals surface area (Å²) in [5.74, 6) is 0.855. The lowest BCUT2D eigenvalue weighted by Crippen LogP contribution is -2.44. The third-order valence-corrected chi connectivity index (χ3v) is 4.92. The number of nitrogens with two attached hydrogens (primary N) is 1. The number of hydrogen-bond acceptors (Lipinski definition) is 1. The summed E-state index contributed by atoms with van der Waals surface area (Å²) in [6.45, 7) is 2.35. The molecule has 14 heavy (non-hydrogen) atoms. The molecular weight excluding hydrogens is 170 g/mol. The van der Waals surface area contributed by atoms with Crippen LogP contribution in [0.5, 0.6) is 0 Å². The topological polar surface area (TPSA) is 26.0 Å². The first-order valence-corrected chi connectivity index (χ1v) is 6.54. The Hall–Kier alpha value is -0.0400. The lowest BCUT2D eigenvalue weighted by atomic mass is 9.71. The molecule has 0 radical (unpaired) electrons. The molecule has 2 N–H and O–H groups in total. The van der Waals surface area contributed by atoms with Gasteiger partial charge in [0.05, 0.1) is 0 Å². The summed E-state index contributed by atoms with van der Waals surface area (Å²) in [5, 5.41) is 0. The van der Waals surface area contributed by atoms with E-state index in [-0.39, 0.29) is 0 Å². The van der Waals surface area contributed by atoms with Crippen LogP contribution >= 0.6 is 0 Å². The van der Waals surface area contributed by atoms with Crippen molar-refractivity contribution in [3.8, 4) is 0 Å². The first kappa shape index (κ1) is 10.5. The van der Waals surface area contributed by atoms with Gasteiger partial charge in [-0.3, -0.25) is 0 Å². The van der Waals surface area contributed by atoms with E-state index in [9.17, 15) is 0 Å². The van der Waals surface area contributed by atoms with Crippen molar-refractivity contribution in [1.82, 2.24) is 0 Å².